The lowest BCUT2D eigenvalue weighted by molar-refractivity contribution is 0.0908. The number of nitrogens with two attached hydrogens (primary N) is 1. The molecular weight excluding hydrogens is 210 g/mol. The summed E-state index contributed by atoms with van der Waals surface area (Å²) in [6.07, 6.45) is 7.12. The van der Waals surface area contributed by atoms with Gasteiger partial charge in [-0.3, -0.25) is 4.79 Å². The molecule has 0 spiro atoms. The number of ketones is 1. The average molecular weight is 231 g/mol. The number of hydrogen-bond acceptors (Lipinski definition) is 2. The van der Waals surface area contributed by atoms with Crippen molar-refractivity contribution < 1.29 is 4.79 Å². The second kappa shape index (κ2) is 5.97. The third-order valence-corrected chi connectivity index (χ3v) is 3.70. The van der Waals surface area contributed by atoms with E-state index in [0.717, 1.165) is 24.0 Å². The summed E-state index contributed by atoms with van der Waals surface area (Å²) >= 11 is 0. The fourth-order valence-corrected chi connectivity index (χ4v) is 2.58. The van der Waals surface area contributed by atoms with Crippen LogP contribution in [-0.4, -0.2) is 5.78 Å². The fourth-order valence-electron chi connectivity index (χ4n) is 2.58. The van der Waals surface area contributed by atoms with Gasteiger partial charge in [0.1, 0.15) is 0 Å². The summed E-state index contributed by atoms with van der Waals surface area (Å²) in [4.78, 5) is 12.3. The van der Waals surface area contributed by atoms with Crippen LogP contribution in [0.2, 0.25) is 0 Å². The first-order chi connectivity index (χ1) is 8.31. The summed E-state index contributed by atoms with van der Waals surface area (Å²) in [5.74, 6) is 0.580. The van der Waals surface area contributed by atoms with Crippen LogP contribution in [0.15, 0.2) is 24.3 Å². The Bertz CT molecular complexity index is 361. The highest BCUT2D eigenvalue weighted by molar-refractivity contribution is 5.97. The molecule has 0 atom stereocenters. The molecule has 0 aromatic heterocycles. The molecule has 92 valence electrons. The second-order valence-electron chi connectivity index (χ2n) is 4.95. The van der Waals surface area contributed by atoms with Gasteiger partial charge in [-0.15, -0.1) is 0 Å². The SMILES string of the molecule is NCc1ccc(C(=O)C2CCCCCC2)cc1. The molecule has 1 aromatic carbocycles. The summed E-state index contributed by atoms with van der Waals surface area (Å²) in [5.41, 5.74) is 7.50. The van der Waals surface area contributed by atoms with Crippen LogP contribution in [0.25, 0.3) is 0 Å². The predicted octanol–water partition coefficient (Wildman–Crippen LogP) is 3.30. The number of Topliss-reactive ketones (excluding diaryl/α,β-unsaturated/α-hetero) is 1. The maximum Gasteiger partial charge on any atom is 0.165 e. The van der Waals surface area contributed by atoms with E-state index in [9.17, 15) is 4.79 Å². The minimum absolute atomic E-state index is 0.251. The Hall–Kier alpha value is -1.15. The average Bonchev–Trinajstić information content (AvgIpc) is 2.67. The smallest absolute Gasteiger partial charge is 0.165 e. The van der Waals surface area contributed by atoms with E-state index in [1.807, 2.05) is 24.3 Å². The van der Waals surface area contributed by atoms with E-state index in [1.54, 1.807) is 0 Å². The molecule has 0 saturated heterocycles. The molecule has 0 aliphatic heterocycles. The Morgan fingerprint density at radius 3 is 2.18 bits per heavy atom. The van der Waals surface area contributed by atoms with E-state index in [2.05, 4.69) is 0 Å². The number of benzene rings is 1. The third kappa shape index (κ3) is 3.16. The highest BCUT2D eigenvalue weighted by Crippen LogP contribution is 2.26. The van der Waals surface area contributed by atoms with Crippen LogP contribution in [0.5, 0.6) is 0 Å². The highest BCUT2D eigenvalue weighted by Gasteiger charge is 2.20. The van der Waals surface area contributed by atoms with E-state index in [4.69, 9.17) is 5.73 Å². The fraction of sp³-hybridized carbons (Fsp3) is 0.533. The van der Waals surface area contributed by atoms with Crippen molar-refractivity contribution in [1.82, 2.24) is 0 Å². The molecule has 1 fully saturated rings. The molecule has 0 radical (unpaired) electrons. The van der Waals surface area contributed by atoms with Gasteiger partial charge in [0.05, 0.1) is 0 Å². The summed E-state index contributed by atoms with van der Waals surface area (Å²) in [6.45, 7) is 0.540. The lowest BCUT2D eigenvalue weighted by atomic mass is 9.91. The first-order valence-electron chi connectivity index (χ1n) is 6.64. The second-order valence-corrected chi connectivity index (χ2v) is 4.95. The molecule has 0 unspecified atom stereocenters. The van der Waals surface area contributed by atoms with Crippen LogP contribution in [0.1, 0.15) is 54.4 Å². The van der Waals surface area contributed by atoms with E-state index >= 15 is 0 Å². The Kier molecular flexibility index (Phi) is 4.32. The van der Waals surface area contributed by atoms with Crippen molar-refractivity contribution in [2.45, 2.75) is 45.1 Å². The number of hydrogen-bond donors (Lipinski definition) is 1. The minimum Gasteiger partial charge on any atom is -0.326 e. The topological polar surface area (TPSA) is 43.1 Å². The van der Waals surface area contributed by atoms with Crippen molar-refractivity contribution in [2.75, 3.05) is 0 Å². The third-order valence-electron chi connectivity index (χ3n) is 3.70. The summed E-state index contributed by atoms with van der Waals surface area (Å²) in [6, 6.07) is 7.78. The first-order valence-corrected chi connectivity index (χ1v) is 6.64. The van der Waals surface area contributed by atoms with Gasteiger partial charge < -0.3 is 5.73 Å². The van der Waals surface area contributed by atoms with Gasteiger partial charge in [-0.1, -0.05) is 49.9 Å². The van der Waals surface area contributed by atoms with Gasteiger partial charge in [0.15, 0.2) is 5.78 Å². The van der Waals surface area contributed by atoms with E-state index in [0.29, 0.717) is 12.3 Å². The number of carbonyl (C=O) groups is 1. The molecular formula is C15H21NO. The summed E-state index contributed by atoms with van der Waals surface area (Å²) < 4.78 is 0. The van der Waals surface area contributed by atoms with Gasteiger partial charge in [-0.05, 0) is 18.4 Å². The van der Waals surface area contributed by atoms with Crippen molar-refractivity contribution in [2.24, 2.45) is 11.7 Å². The van der Waals surface area contributed by atoms with Gasteiger partial charge >= 0.3 is 0 Å². The molecule has 0 bridgehead atoms. The standard InChI is InChI=1S/C15H21NO/c16-11-12-7-9-14(10-8-12)15(17)13-5-3-1-2-4-6-13/h7-10,13H,1-6,11,16H2. The van der Waals surface area contributed by atoms with Crippen LogP contribution in [0.3, 0.4) is 0 Å². The van der Waals surface area contributed by atoms with Crippen molar-refractivity contribution in [1.29, 1.82) is 0 Å². The Labute approximate surface area is 103 Å². The Morgan fingerprint density at radius 1 is 1.06 bits per heavy atom. The maximum atomic E-state index is 12.3. The number of carbonyl (C=O) groups excluding carboxylic acids is 1. The molecule has 2 heteroatoms. The summed E-state index contributed by atoms with van der Waals surface area (Å²) in [5, 5.41) is 0. The lowest BCUT2D eigenvalue weighted by Crippen LogP contribution is -2.14. The zero-order valence-corrected chi connectivity index (χ0v) is 10.3. The Balaban J connectivity index is 2.06. The van der Waals surface area contributed by atoms with Gasteiger partial charge in [0.2, 0.25) is 0 Å². The largest absolute Gasteiger partial charge is 0.326 e. The number of rotatable bonds is 3. The van der Waals surface area contributed by atoms with Crippen molar-refractivity contribution >= 4 is 5.78 Å². The monoisotopic (exact) mass is 231 g/mol. The van der Waals surface area contributed by atoms with Crippen molar-refractivity contribution in [3.05, 3.63) is 35.4 Å². The zero-order valence-electron chi connectivity index (χ0n) is 10.3. The quantitative estimate of drug-likeness (QED) is 0.640. The lowest BCUT2D eigenvalue weighted by Gasteiger charge is -2.12. The summed E-state index contributed by atoms with van der Waals surface area (Å²) in [7, 11) is 0. The molecule has 2 nitrogen and oxygen atoms in total. The van der Waals surface area contributed by atoms with Crippen LogP contribution in [0.4, 0.5) is 0 Å². The van der Waals surface area contributed by atoms with Crippen LogP contribution in [-0.2, 0) is 6.54 Å². The normalized spacial score (nSPS) is 17.7. The van der Waals surface area contributed by atoms with E-state index < -0.39 is 0 Å². The molecule has 17 heavy (non-hydrogen) atoms. The van der Waals surface area contributed by atoms with Crippen LogP contribution < -0.4 is 5.73 Å². The van der Waals surface area contributed by atoms with Gasteiger partial charge in [0, 0.05) is 18.0 Å². The van der Waals surface area contributed by atoms with Crippen LogP contribution >= 0.6 is 0 Å². The molecule has 1 aromatic rings. The molecule has 1 aliphatic carbocycles. The molecule has 1 saturated carbocycles. The highest BCUT2D eigenvalue weighted by atomic mass is 16.1. The van der Waals surface area contributed by atoms with Gasteiger partial charge in [-0.25, -0.2) is 0 Å². The first kappa shape index (κ1) is 12.3. The molecule has 2 rings (SSSR count). The van der Waals surface area contributed by atoms with Gasteiger partial charge in [0.25, 0.3) is 0 Å². The van der Waals surface area contributed by atoms with E-state index in [-0.39, 0.29) is 5.92 Å². The predicted molar refractivity (Wildman–Crippen MR) is 69.9 cm³/mol. The minimum atomic E-state index is 0.251. The van der Waals surface area contributed by atoms with Crippen molar-refractivity contribution in [3.63, 3.8) is 0 Å². The molecule has 1 aliphatic rings. The maximum absolute atomic E-state index is 12.3. The Morgan fingerprint density at radius 2 is 1.65 bits per heavy atom. The molecule has 0 heterocycles. The molecule has 0 amide bonds. The van der Waals surface area contributed by atoms with E-state index in [1.165, 1.54) is 25.7 Å². The van der Waals surface area contributed by atoms with Gasteiger partial charge in [-0.2, -0.15) is 0 Å². The van der Waals surface area contributed by atoms with Crippen molar-refractivity contribution in [3.8, 4) is 0 Å². The zero-order chi connectivity index (χ0) is 12.1. The van der Waals surface area contributed by atoms with Crippen LogP contribution in [0, 0.1) is 5.92 Å². The molecule has 2 N–H and O–H groups in total.